The molecule has 1 aromatic rings. The van der Waals surface area contributed by atoms with Crippen molar-refractivity contribution in [2.75, 3.05) is 0 Å². The molecular weight excluding hydrogens is 190 g/mol. The summed E-state index contributed by atoms with van der Waals surface area (Å²) < 4.78 is 5.03. The van der Waals surface area contributed by atoms with Crippen LogP contribution in [0, 0.1) is 0 Å². The van der Waals surface area contributed by atoms with Gasteiger partial charge in [-0.1, -0.05) is 36.4 Å². The van der Waals surface area contributed by atoms with Gasteiger partial charge in [-0.25, -0.2) is 0 Å². The van der Waals surface area contributed by atoms with Crippen molar-refractivity contribution in [2.24, 2.45) is 5.73 Å². The van der Waals surface area contributed by atoms with Crippen LogP contribution in [0.4, 0.5) is 0 Å². The van der Waals surface area contributed by atoms with E-state index >= 15 is 0 Å². The van der Waals surface area contributed by atoms with E-state index in [-0.39, 0.29) is 6.61 Å². The van der Waals surface area contributed by atoms with E-state index in [1.165, 1.54) is 0 Å². The maximum absolute atomic E-state index is 11.3. The number of nitrogens with two attached hydrogens (primary N) is 1. The highest BCUT2D eigenvalue weighted by atomic mass is 16.5. The van der Waals surface area contributed by atoms with Gasteiger partial charge in [-0.05, 0) is 12.0 Å². The summed E-state index contributed by atoms with van der Waals surface area (Å²) in [5.74, 6) is -0.390. The topological polar surface area (TPSA) is 52.3 Å². The molecule has 2 N–H and O–H groups in total. The van der Waals surface area contributed by atoms with E-state index in [2.05, 4.69) is 6.58 Å². The van der Waals surface area contributed by atoms with E-state index in [1.807, 2.05) is 30.3 Å². The van der Waals surface area contributed by atoms with E-state index in [0.29, 0.717) is 6.42 Å². The molecule has 0 bridgehead atoms. The minimum atomic E-state index is -0.605. The maximum Gasteiger partial charge on any atom is 0.323 e. The van der Waals surface area contributed by atoms with E-state index in [1.54, 1.807) is 6.08 Å². The van der Waals surface area contributed by atoms with Gasteiger partial charge in [0.2, 0.25) is 0 Å². The Morgan fingerprint density at radius 2 is 2.13 bits per heavy atom. The molecule has 80 valence electrons. The van der Waals surface area contributed by atoms with Gasteiger partial charge >= 0.3 is 5.97 Å². The Balaban J connectivity index is 2.37. The number of rotatable bonds is 5. The summed E-state index contributed by atoms with van der Waals surface area (Å²) in [5, 5.41) is 0. The average molecular weight is 205 g/mol. The lowest BCUT2D eigenvalue weighted by molar-refractivity contribution is -0.146. The lowest BCUT2D eigenvalue weighted by Gasteiger charge is -2.09. The van der Waals surface area contributed by atoms with E-state index in [9.17, 15) is 4.79 Å². The van der Waals surface area contributed by atoms with Crippen LogP contribution in [-0.2, 0) is 16.1 Å². The monoisotopic (exact) mass is 205 g/mol. The van der Waals surface area contributed by atoms with Crippen LogP contribution in [0.3, 0.4) is 0 Å². The molecule has 1 atom stereocenters. The number of esters is 1. The highest BCUT2D eigenvalue weighted by Gasteiger charge is 2.12. The molecule has 1 aromatic carbocycles. The molecule has 0 aliphatic carbocycles. The molecule has 0 fully saturated rings. The van der Waals surface area contributed by atoms with Crippen molar-refractivity contribution in [1.82, 2.24) is 0 Å². The second-order valence-electron chi connectivity index (χ2n) is 3.22. The van der Waals surface area contributed by atoms with Crippen molar-refractivity contribution >= 4 is 5.97 Å². The quantitative estimate of drug-likeness (QED) is 0.587. The van der Waals surface area contributed by atoms with Crippen LogP contribution < -0.4 is 5.73 Å². The normalized spacial score (nSPS) is 11.8. The number of benzene rings is 1. The summed E-state index contributed by atoms with van der Waals surface area (Å²) in [7, 11) is 0. The summed E-state index contributed by atoms with van der Waals surface area (Å²) in [5.41, 5.74) is 6.50. The zero-order chi connectivity index (χ0) is 11.1. The summed E-state index contributed by atoms with van der Waals surface area (Å²) in [6, 6.07) is 8.89. The summed E-state index contributed by atoms with van der Waals surface area (Å²) in [4.78, 5) is 11.3. The fourth-order valence-electron chi connectivity index (χ4n) is 1.11. The Morgan fingerprint density at radius 3 is 2.73 bits per heavy atom. The SMILES string of the molecule is C=CC[C@@H](N)C(=O)OCc1ccccc1. The minimum Gasteiger partial charge on any atom is -0.460 e. The number of carbonyl (C=O) groups excluding carboxylic acids is 1. The van der Waals surface area contributed by atoms with Gasteiger partial charge < -0.3 is 10.5 Å². The first-order valence-electron chi connectivity index (χ1n) is 4.81. The molecule has 3 heteroatoms. The Morgan fingerprint density at radius 1 is 1.47 bits per heavy atom. The van der Waals surface area contributed by atoms with Crippen molar-refractivity contribution in [3.63, 3.8) is 0 Å². The molecule has 3 nitrogen and oxygen atoms in total. The second kappa shape index (κ2) is 5.98. The largest absolute Gasteiger partial charge is 0.460 e. The molecule has 0 heterocycles. The maximum atomic E-state index is 11.3. The van der Waals surface area contributed by atoms with Crippen LogP contribution in [0.15, 0.2) is 43.0 Å². The highest BCUT2D eigenvalue weighted by Crippen LogP contribution is 2.02. The summed E-state index contributed by atoms with van der Waals surface area (Å²) in [6.07, 6.45) is 2.04. The highest BCUT2D eigenvalue weighted by molar-refractivity contribution is 5.75. The molecule has 0 saturated heterocycles. The molecule has 0 saturated carbocycles. The fraction of sp³-hybridized carbons (Fsp3) is 0.250. The minimum absolute atomic E-state index is 0.268. The lowest BCUT2D eigenvalue weighted by Crippen LogP contribution is -2.31. The van der Waals surface area contributed by atoms with Gasteiger partial charge in [0, 0.05) is 0 Å². The van der Waals surface area contributed by atoms with Gasteiger partial charge in [-0.3, -0.25) is 4.79 Å². The Bertz CT molecular complexity index is 322. The van der Waals surface area contributed by atoms with Crippen LogP contribution >= 0.6 is 0 Å². The fourth-order valence-corrected chi connectivity index (χ4v) is 1.11. The van der Waals surface area contributed by atoms with Gasteiger partial charge in [0.15, 0.2) is 0 Å². The lowest BCUT2D eigenvalue weighted by atomic mass is 10.2. The van der Waals surface area contributed by atoms with Crippen molar-refractivity contribution in [3.05, 3.63) is 48.6 Å². The Hall–Kier alpha value is -1.61. The van der Waals surface area contributed by atoms with Crippen molar-refractivity contribution < 1.29 is 9.53 Å². The Kier molecular flexibility index (Phi) is 4.57. The van der Waals surface area contributed by atoms with Crippen LogP contribution in [-0.4, -0.2) is 12.0 Å². The second-order valence-corrected chi connectivity index (χ2v) is 3.22. The van der Waals surface area contributed by atoms with Crippen LogP contribution in [0.2, 0.25) is 0 Å². The van der Waals surface area contributed by atoms with Gasteiger partial charge in [0.25, 0.3) is 0 Å². The molecule has 0 aliphatic rings. The van der Waals surface area contributed by atoms with Gasteiger partial charge in [0.05, 0.1) is 0 Å². The number of hydrogen-bond acceptors (Lipinski definition) is 3. The smallest absolute Gasteiger partial charge is 0.323 e. The molecular formula is C12H15NO2. The molecule has 15 heavy (non-hydrogen) atoms. The number of ether oxygens (including phenoxy) is 1. The predicted molar refractivity (Wildman–Crippen MR) is 59.0 cm³/mol. The first kappa shape index (κ1) is 11.5. The molecule has 0 unspecified atom stereocenters. The zero-order valence-electron chi connectivity index (χ0n) is 8.56. The first-order chi connectivity index (χ1) is 7.24. The third kappa shape index (κ3) is 3.95. The average Bonchev–Trinajstić information content (AvgIpc) is 2.27. The Labute approximate surface area is 89.5 Å². The molecule has 0 radical (unpaired) electrons. The van der Waals surface area contributed by atoms with Crippen LogP contribution in [0.1, 0.15) is 12.0 Å². The van der Waals surface area contributed by atoms with Gasteiger partial charge in [-0.15, -0.1) is 6.58 Å². The third-order valence-corrected chi connectivity index (χ3v) is 1.95. The number of carbonyl (C=O) groups is 1. The van der Waals surface area contributed by atoms with Crippen molar-refractivity contribution in [3.8, 4) is 0 Å². The van der Waals surface area contributed by atoms with Crippen LogP contribution in [0.5, 0.6) is 0 Å². The summed E-state index contributed by atoms with van der Waals surface area (Å²) >= 11 is 0. The number of hydrogen-bond donors (Lipinski definition) is 1. The molecule has 0 aromatic heterocycles. The van der Waals surface area contributed by atoms with Crippen molar-refractivity contribution in [2.45, 2.75) is 19.1 Å². The first-order valence-corrected chi connectivity index (χ1v) is 4.81. The summed E-state index contributed by atoms with van der Waals surface area (Å²) in [6.45, 7) is 3.78. The molecule has 1 rings (SSSR count). The van der Waals surface area contributed by atoms with Crippen LogP contribution in [0.25, 0.3) is 0 Å². The van der Waals surface area contributed by atoms with E-state index in [4.69, 9.17) is 10.5 Å². The molecule has 0 amide bonds. The van der Waals surface area contributed by atoms with Gasteiger partial charge in [0.1, 0.15) is 12.6 Å². The molecule has 0 aliphatic heterocycles. The van der Waals surface area contributed by atoms with E-state index < -0.39 is 12.0 Å². The van der Waals surface area contributed by atoms with E-state index in [0.717, 1.165) is 5.56 Å². The zero-order valence-corrected chi connectivity index (χ0v) is 8.56. The van der Waals surface area contributed by atoms with Gasteiger partial charge in [-0.2, -0.15) is 0 Å². The third-order valence-electron chi connectivity index (χ3n) is 1.95. The molecule has 0 spiro atoms. The standard InChI is InChI=1S/C12H15NO2/c1-2-6-11(13)12(14)15-9-10-7-4-3-5-8-10/h2-5,7-8,11H,1,6,9,13H2/t11-/m1/s1. The predicted octanol–water partition coefficient (Wildman–Crippen LogP) is 1.63. The van der Waals surface area contributed by atoms with Crippen molar-refractivity contribution in [1.29, 1.82) is 0 Å².